The topological polar surface area (TPSA) is 107 Å². The van der Waals surface area contributed by atoms with Gasteiger partial charge in [-0.05, 0) is 87.9 Å². The van der Waals surface area contributed by atoms with E-state index in [1.807, 2.05) is 10.6 Å². The molecule has 2 N–H and O–H groups in total. The number of rotatable bonds is 5. The third-order valence-corrected chi connectivity index (χ3v) is 8.76. The molecule has 2 aromatic heterocycles. The van der Waals surface area contributed by atoms with Gasteiger partial charge in [0, 0.05) is 29.6 Å². The van der Waals surface area contributed by atoms with Crippen LogP contribution in [0.2, 0.25) is 0 Å². The van der Waals surface area contributed by atoms with E-state index in [-0.39, 0.29) is 23.6 Å². The molecule has 0 bridgehead atoms. The summed E-state index contributed by atoms with van der Waals surface area (Å²) in [7, 11) is 2.12. The van der Waals surface area contributed by atoms with Gasteiger partial charge in [-0.15, -0.1) is 0 Å². The number of benzene rings is 1. The minimum absolute atomic E-state index is 0.00799. The van der Waals surface area contributed by atoms with E-state index in [0.717, 1.165) is 48.7 Å². The number of hydrogen-bond donors (Lipinski definition) is 2. The zero-order valence-electron chi connectivity index (χ0n) is 20.9. The van der Waals surface area contributed by atoms with Gasteiger partial charge in [0.2, 0.25) is 0 Å². The first-order valence-corrected chi connectivity index (χ1v) is 13.3. The molecular formula is C28H34N6O2. The second kappa shape index (κ2) is 9.22. The number of hydrogen-bond acceptors (Lipinski definition) is 7. The molecule has 1 aliphatic heterocycles. The summed E-state index contributed by atoms with van der Waals surface area (Å²) in [6.07, 6.45) is 9.96. The maximum Gasteiger partial charge on any atom is 0.260 e. The van der Waals surface area contributed by atoms with Gasteiger partial charge in [-0.25, -0.2) is 9.97 Å². The first-order valence-electron chi connectivity index (χ1n) is 13.3. The number of aliphatic hydroxyl groups is 1. The highest BCUT2D eigenvalue weighted by molar-refractivity contribution is 6.04. The van der Waals surface area contributed by atoms with Crippen molar-refractivity contribution in [2.75, 3.05) is 20.1 Å². The van der Waals surface area contributed by atoms with Crippen LogP contribution in [-0.2, 0) is 5.66 Å². The number of aromatic nitrogens is 3. The van der Waals surface area contributed by atoms with Gasteiger partial charge in [-0.3, -0.25) is 19.6 Å². The fourth-order valence-electron chi connectivity index (χ4n) is 6.35. The zero-order valence-corrected chi connectivity index (χ0v) is 20.9. The van der Waals surface area contributed by atoms with Crippen LogP contribution in [0.25, 0.3) is 21.8 Å². The van der Waals surface area contributed by atoms with Gasteiger partial charge < -0.3 is 5.11 Å². The SMILES string of the molecule is CN1CCC(C#N)CC1(NCC1CC1)c1ccc2c(c1)c(=O)n(C1CCC(O)CC1)c1ncncc21. The third-order valence-electron chi connectivity index (χ3n) is 8.76. The summed E-state index contributed by atoms with van der Waals surface area (Å²) in [6, 6.07) is 8.72. The molecule has 1 saturated heterocycles. The number of nitrogens with one attached hydrogen (secondary N) is 1. The predicted octanol–water partition coefficient (Wildman–Crippen LogP) is 3.44. The third kappa shape index (κ3) is 4.00. The zero-order chi connectivity index (χ0) is 24.9. The monoisotopic (exact) mass is 486 g/mol. The quantitative estimate of drug-likeness (QED) is 0.532. The highest BCUT2D eigenvalue weighted by Gasteiger charge is 2.43. The molecule has 8 heteroatoms. The molecule has 1 aromatic carbocycles. The lowest BCUT2D eigenvalue weighted by Gasteiger charge is -2.48. The van der Waals surface area contributed by atoms with Gasteiger partial charge >= 0.3 is 0 Å². The molecule has 3 fully saturated rings. The molecule has 0 radical (unpaired) electrons. The molecule has 6 rings (SSSR count). The minimum atomic E-state index is -0.482. The average molecular weight is 487 g/mol. The van der Waals surface area contributed by atoms with Crippen molar-refractivity contribution in [2.24, 2.45) is 11.8 Å². The van der Waals surface area contributed by atoms with Gasteiger partial charge in [-0.2, -0.15) is 5.26 Å². The highest BCUT2D eigenvalue weighted by atomic mass is 16.3. The Bertz CT molecular complexity index is 1380. The molecule has 2 atom stereocenters. The summed E-state index contributed by atoms with van der Waals surface area (Å²) in [5.74, 6) is 0.664. The highest BCUT2D eigenvalue weighted by Crippen LogP contribution is 2.40. The summed E-state index contributed by atoms with van der Waals surface area (Å²) in [4.78, 5) is 25.2. The van der Waals surface area contributed by atoms with Crippen LogP contribution in [0.4, 0.5) is 0 Å². The fraction of sp³-hybridized carbons (Fsp3) is 0.571. The van der Waals surface area contributed by atoms with Gasteiger partial charge in [0.05, 0.1) is 23.8 Å². The Labute approximate surface area is 211 Å². The number of fused-ring (bicyclic) bond motifs is 3. The molecule has 36 heavy (non-hydrogen) atoms. The normalized spacial score (nSPS) is 29.4. The van der Waals surface area contributed by atoms with E-state index in [0.29, 0.717) is 36.2 Å². The van der Waals surface area contributed by atoms with Crippen LogP contribution in [0.15, 0.2) is 35.5 Å². The Balaban J connectivity index is 1.53. The van der Waals surface area contributed by atoms with Crippen molar-refractivity contribution in [1.29, 1.82) is 5.26 Å². The van der Waals surface area contributed by atoms with Crippen molar-refractivity contribution in [3.63, 3.8) is 0 Å². The van der Waals surface area contributed by atoms with Crippen LogP contribution >= 0.6 is 0 Å². The van der Waals surface area contributed by atoms with Crippen molar-refractivity contribution in [3.8, 4) is 6.07 Å². The van der Waals surface area contributed by atoms with E-state index >= 15 is 0 Å². The van der Waals surface area contributed by atoms with Crippen LogP contribution in [-0.4, -0.2) is 50.8 Å². The smallest absolute Gasteiger partial charge is 0.260 e. The number of nitriles is 1. The standard InChI is InChI=1S/C28H34N6O2/c1-33-11-10-19(14-29)13-28(33,32-15-18-2-3-18)20-4-9-23-24(12-20)27(36)34(21-5-7-22(35)8-6-21)26-25(23)16-30-17-31-26/h4,9,12,16-19,21-22,32,35H,2-3,5-8,10-11,13,15H2,1H3. The van der Waals surface area contributed by atoms with Gasteiger partial charge in [0.15, 0.2) is 0 Å². The lowest BCUT2D eigenvalue weighted by atomic mass is 9.81. The number of nitrogens with zero attached hydrogens (tertiary/aromatic N) is 5. The Kier molecular flexibility index (Phi) is 6.03. The summed E-state index contributed by atoms with van der Waals surface area (Å²) in [5, 5.41) is 26.1. The Morgan fingerprint density at radius 3 is 2.69 bits per heavy atom. The van der Waals surface area contributed by atoms with Crippen LogP contribution < -0.4 is 10.9 Å². The lowest BCUT2D eigenvalue weighted by molar-refractivity contribution is 0.0205. The van der Waals surface area contributed by atoms with E-state index < -0.39 is 5.66 Å². The molecule has 3 aromatic rings. The number of aliphatic hydroxyl groups excluding tert-OH is 1. The summed E-state index contributed by atoms with van der Waals surface area (Å²) in [6.45, 7) is 1.74. The maximum absolute atomic E-state index is 14.1. The lowest BCUT2D eigenvalue weighted by Crippen LogP contribution is -2.59. The van der Waals surface area contributed by atoms with Gasteiger partial charge in [0.1, 0.15) is 12.0 Å². The molecule has 3 aliphatic rings. The number of likely N-dealkylation sites (tertiary alicyclic amines) is 1. The first-order chi connectivity index (χ1) is 17.5. The van der Waals surface area contributed by atoms with Crippen LogP contribution in [0.3, 0.4) is 0 Å². The van der Waals surface area contributed by atoms with Gasteiger partial charge in [0.25, 0.3) is 5.56 Å². The molecule has 2 unspecified atom stereocenters. The van der Waals surface area contributed by atoms with E-state index in [2.05, 4.69) is 45.4 Å². The van der Waals surface area contributed by atoms with Crippen molar-refractivity contribution < 1.29 is 5.11 Å². The van der Waals surface area contributed by atoms with E-state index in [1.165, 1.54) is 19.2 Å². The summed E-state index contributed by atoms with van der Waals surface area (Å²) >= 11 is 0. The molecule has 188 valence electrons. The van der Waals surface area contributed by atoms with Crippen molar-refractivity contribution in [2.45, 2.75) is 69.2 Å². The molecule has 2 saturated carbocycles. The van der Waals surface area contributed by atoms with Crippen molar-refractivity contribution >= 4 is 21.8 Å². The average Bonchev–Trinajstić information content (AvgIpc) is 3.74. The predicted molar refractivity (Wildman–Crippen MR) is 138 cm³/mol. The molecule has 8 nitrogen and oxygen atoms in total. The van der Waals surface area contributed by atoms with E-state index in [4.69, 9.17) is 0 Å². The van der Waals surface area contributed by atoms with Crippen molar-refractivity contribution in [1.82, 2.24) is 24.8 Å². The number of pyridine rings is 1. The molecule has 3 heterocycles. The van der Waals surface area contributed by atoms with Crippen LogP contribution in [0, 0.1) is 23.2 Å². The van der Waals surface area contributed by atoms with Crippen LogP contribution in [0.1, 0.15) is 63.0 Å². The Hall–Kier alpha value is -2.86. The maximum atomic E-state index is 14.1. The van der Waals surface area contributed by atoms with Crippen molar-refractivity contribution in [3.05, 3.63) is 46.6 Å². The largest absolute Gasteiger partial charge is 0.393 e. The van der Waals surface area contributed by atoms with Crippen LogP contribution in [0.5, 0.6) is 0 Å². The van der Waals surface area contributed by atoms with E-state index in [9.17, 15) is 15.2 Å². The fourth-order valence-corrected chi connectivity index (χ4v) is 6.35. The summed E-state index contributed by atoms with van der Waals surface area (Å²) in [5.41, 5.74) is 1.19. The number of piperidine rings is 1. The second-order valence-electron chi connectivity index (χ2n) is 11.1. The first kappa shape index (κ1) is 23.5. The minimum Gasteiger partial charge on any atom is -0.393 e. The van der Waals surface area contributed by atoms with E-state index in [1.54, 1.807) is 6.20 Å². The summed E-state index contributed by atoms with van der Waals surface area (Å²) < 4.78 is 1.85. The molecule has 0 spiro atoms. The van der Waals surface area contributed by atoms with Gasteiger partial charge in [-0.1, -0.05) is 12.1 Å². The molecule has 2 aliphatic carbocycles. The second-order valence-corrected chi connectivity index (χ2v) is 11.1. The molecular weight excluding hydrogens is 452 g/mol. The molecule has 0 amide bonds. The Morgan fingerprint density at radius 1 is 1.14 bits per heavy atom. The Morgan fingerprint density at radius 2 is 1.94 bits per heavy atom.